The fourth-order valence-corrected chi connectivity index (χ4v) is 3.18. The van der Waals surface area contributed by atoms with Crippen molar-refractivity contribution < 1.29 is 14.4 Å². The van der Waals surface area contributed by atoms with Crippen LogP contribution in [0.15, 0.2) is 54.6 Å². The Balaban J connectivity index is 1.85. The molecule has 0 saturated heterocycles. The Bertz CT molecular complexity index is 849. The van der Waals surface area contributed by atoms with E-state index in [-0.39, 0.29) is 18.2 Å². The molecule has 31 heavy (non-hydrogen) atoms. The van der Waals surface area contributed by atoms with Crippen LogP contribution in [0.25, 0.3) is 0 Å². The van der Waals surface area contributed by atoms with Crippen molar-refractivity contribution >= 4 is 34.9 Å². The van der Waals surface area contributed by atoms with Gasteiger partial charge in [-0.3, -0.25) is 9.59 Å². The second kappa shape index (κ2) is 13.1. The van der Waals surface area contributed by atoms with Gasteiger partial charge in [0.2, 0.25) is 11.8 Å². The summed E-state index contributed by atoms with van der Waals surface area (Å²) >= 11 is 0. The average molecular weight is 425 g/mol. The molecule has 0 aliphatic rings. The van der Waals surface area contributed by atoms with E-state index in [9.17, 15) is 14.4 Å². The SMILES string of the molecule is CCCN(CCC)C(=O)CCCC(=O)Nc1ccccc1NC(=O)Nc1ccccc1. The number of amides is 4. The maximum atomic E-state index is 12.4. The number of benzene rings is 2. The molecule has 0 aliphatic heterocycles. The molecule has 0 aromatic heterocycles. The highest BCUT2D eigenvalue weighted by Crippen LogP contribution is 2.22. The predicted molar refractivity (Wildman–Crippen MR) is 125 cm³/mol. The van der Waals surface area contributed by atoms with Gasteiger partial charge in [-0.05, 0) is 43.5 Å². The standard InChI is InChI=1S/C24H32N4O3/c1-3-17-28(18-4-2)23(30)16-10-15-22(29)26-20-13-8-9-14-21(20)27-24(31)25-19-11-6-5-7-12-19/h5-9,11-14H,3-4,10,15-18H2,1-2H3,(H,26,29)(H2,25,27,31). The number of anilines is 3. The van der Waals surface area contributed by atoms with Crippen LogP contribution in [0.4, 0.5) is 21.9 Å². The fraction of sp³-hybridized carbons (Fsp3) is 0.375. The van der Waals surface area contributed by atoms with E-state index < -0.39 is 6.03 Å². The van der Waals surface area contributed by atoms with Crippen LogP contribution in [0.3, 0.4) is 0 Å². The highest BCUT2D eigenvalue weighted by Gasteiger charge is 2.13. The monoisotopic (exact) mass is 424 g/mol. The minimum atomic E-state index is -0.398. The highest BCUT2D eigenvalue weighted by atomic mass is 16.2. The third-order valence-electron chi connectivity index (χ3n) is 4.62. The molecule has 0 fully saturated rings. The van der Waals surface area contributed by atoms with E-state index in [0.29, 0.717) is 29.9 Å². The summed E-state index contributed by atoms with van der Waals surface area (Å²) in [5.74, 6) is -0.0980. The van der Waals surface area contributed by atoms with Gasteiger partial charge in [-0.1, -0.05) is 44.2 Å². The molecule has 0 unspecified atom stereocenters. The van der Waals surface area contributed by atoms with Gasteiger partial charge in [-0.25, -0.2) is 4.79 Å². The van der Waals surface area contributed by atoms with E-state index >= 15 is 0 Å². The molecular formula is C24H32N4O3. The molecule has 0 atom stereocenters. The van der Waals surface area contributed by atoms with Crippen LogP contribution in [0, 0.1) is 0 Å². The summed E-state index contributed by atoms with van der Waals surface area (Å²) in [6, 6.07) is 15.7. The van der Waals surface area contributed by atoms with Gasteiger partial charge in [-0.2, -0.15) is 0 Å². The normalized spacial score (nSPS) is 10.3. The van der Waals surface area contributed by atoms with Gasteiger partial charge < -0.3 is 20.9 Å². The van der Waals surface area contributed by atoms with Crippen LogP contribution < -0.4 is 16.0 Å². The molecule has 0 aliphatic carbocycles. The number of rotatable bonds is 11. The van der Waals surface area contributed by atoms with Crippen LogP contribution >= 0.6 is 0 Å². The third kappa shape index (κ3) is 8.50. The van der Waals surface area contributed by atoms with E-state index in [2.05, 4.69) is 29.8 Å². The molecule has 0 bridgehead atoms. The zero-order chi connectivity index (χ0) is 22.5. The summed E-state index contributed by atoms with van der Waals surface area (Å²) in [7, 11) is 0. The number of carbonyl (C=O) groups is 3. The van der Waals surface area contributed by atoms with E-state index in [1.807, 2.05) is 23.1 Å². The number of hydrogen-bond donors (Lipinski definition) is 3. The first-order valence-corrected chi connectivity index (χ1v) is 10.8. The first kappa shape index (κ1) is 23.9. The Morgan fingerprint density at radius 1 is 0.742 bits per heavy atom. The molecule has 7 nitrogen and oxygen atoms in total. The lowest BCUT2D eigenvalue weighted by Gasteiger charge is -2.21. The number of nitrogens with one attached hydrogen (secondary N) is 3. The largest absolute Gasteiger partial charge is 0.343 e. The highest BCUT2D eigenvalue weighted by molar-refractivity contribution is 6.03. The van der Waals surface area contributed by atoms with Crippen molar-refractivity contribution in [3.8, 4) is 0 Å². The van der Waals surface area contributed by atoms with Crippen molar-refractivity contribution in [2.75, 3.05) is 29.0 Å². The Hall–Kier alpha value is -3.35. The van der Waals surface area contributed by atoms with E-state index in [1.165, 1.54) is 0 Å². The Labute approximate surface area is 184 Å². The maximum absolute atomic E-state index is 12.4. The molecule has 2 rings (SSSR count). The van der Waals surface area contributed by atoms with Crippen molar-refractivity contribution in [2.24, 2.45) is 0 Å². The molecule has 4 amide bonds. The summed E-state index contributed by atoms with van der Waals surface area (Å²) < 4.78 is 0. The minimum Gasteiger partial charge on any atom is -0.343 e. The number of para-hydroxylation sites is 3. The number of urea groups is 1. The Morgan fingerprint density at radius 3 is 1.94 bits per heavy atom. The van der Waals surface area contributed by atoms with Gasteiger partial charge in [-0.15, -0.1) is 0 Å². The zero-order valence-corrected chi connectivity index (χ0v) is 18.3. The molecule has 0 spiro atoms. The molecule has 0 heterocycles. The molecule has 166 valence electrons. The summed E-state index contributed by atoms with van der Waals surface area (Å²) in [5, 5.41) is 8.33. The van der Waals surface area contributed by atoms with Gasteiger partial charge >= 0.3 is 6.03 Å². The van der Waals surface area contributed by atoms with E-state index in [1.54, 1.807) is 36.4 Å². The third-order valence-corrected chi connectivity index (χ3v) is 4.62. The zero-order valence-electron chi connectivity index (χ0n) is 18.3. The molecule has 0 radical (unpaired) electrons. The molecule has 3 N–H and O–H groups in total. The van der Waals surface area contributed by atoms with E-state index in [0.717, 1.165) is 25.9 Å². The number of hydrogen-bond acceptors (Lipinski definition) is 3. The Kier molecular flexibility index (Phi) is 10.1. The van der Waals surface area contributed by atoms with E-state index in [4.69, 9.17) is 0 Å². The lowest BCUT2D eigenvalue weighted by atomic mass is 10.2. The van der Waals surface area contributed by atoms with Gasteiger partial charge in [0.25, 0.3) is 0 Å². The predicted octanol–water partition coefficient (Wildman–Crippen LogP) is 5.09. The number of nitrogens with zero attached hydrogens (tertiary/aromatic N) is 1. The van der Waals surface area contributed by atoms with Crippen LogP contribution in [0.1, 0.15) is 46.0 Å². The lowest BCUT2D eigenvalue weighted by Crippen LogP contribution is -2.32. The number of carbonyl (C=O) groups excluding carboxylic acids is 3. The van der Waals surface area contributed by atoms with Crippen molar-refractivity contribution in [1.29, 1.82) is 0 Å². The van der Waals surface area contributed by atoms with Gasteiger partial charge in [0, 0.05) is 31.6 Å². The summed E-state index contributed by atoms with van der Waals surface area (Å²) in [6.45, 7) is 5.61. The van der Waals surface area contributed by atoms with Crippen LogP contribution in [-0.4, -0.2) is 35.8 Å². The Morgan fingerprint density at radius 2 is 1.32 bits per heavy atom. The van der Waals surface area contributed by atoms with Crippen molar-refractivity contribution in [3.05, 3.63) is 54.6 Å². The van der Waals surface area contributed by atoms with Gasteiger partial charge in [0.15, 0.2) is 0 Å². The van der Waals surface area contributed by atoms with Crippen molar-refractivity contribution in [1.82, 2.24) is 4.90 Å². The molecular weight excluding hydrogens is 392 g/mol. The van der Waals surface area contributed by atoms with Crippen LogP contribution in [-0.2, 0) is 9.59 Å². The summed E-state index contributed by atoms with van der Waals surface area (Å²) in [4.78, 5) is 38.8. The first-order valence-electron chi connectivity index (χ1n) is 10.8. The van der Waals surface area contributed by atoms with Gasteiger partial charge in [0.1, 0.15) is 0 Å². The quantitative estimate of drug-likeness (QED) is 0.469. The first-order chi connectivity index (χ1) is 15.0. The van der Waals surface area contributed by atoms with Gasteiger partial charge in [0.05, 0.1) is 11.4 Å². The van der Waals surface area contributed by atoms with Crippen molar-refractivity contribution in [3.63, 3.8) is 0 Å². The molecule has 2 aromatic carbocycles. The lowest BCUT2D eigenvalue weighted by molar-refractivity contribution is -0.131. The maximum Gasteiger partial charge on any atom is 0.323 e. The smallest absolute Gasteiger partial charge is 0.323 e. The fourth-order valence-electron chi connectivity index (χ4n) is 3.18. The average Bonchev–Trinajstić information content (AvgIpc) is 2.75. The second-order valence-corrected chi connectivity index (χ2v) is 7.27. The molecule has 7 heteroatoms. The van der Waals surface area contributed by atoms with Crippen molar-refractivity contribution in [2.45, 2.75) is 46.0 Å². The van der Waals surface area contributed by atoms with Crippen LogP contribution in [0.2, 0.25) is 0 Å². The molecule has 2 aromatic rings. The van der Waals surface area contributed by atoms with Crippen LogP contribution in [0.5, 0.6) is 0 Å². The topological polar surface area (TPSA) is 90.5 Å². The summed E-state index contributed by atoms with van der Waals surface area (Å²) in [6.07, 6.45) is 2.93. The molecule has 0 saturated carbocycles. The minimum absolute atomic E-state index is 0.0937. The summed E-state index contributed by atoms with van der Waals surface area (Å²) in [5.41, 5.74) is 1.68. The second-order valence-electron chi connectivity index (χ2n) is 7.27.